The van der Waals surface area contributed by atoms with E-state index in [1.165, 1.54) is 5.56 Å². The van der Waals surface area contributed by atoms with Crippen LogP contribution in [0.25, 0.3) is 0 Å². The standard InChI is InChI=1S/C15H14N2/c16-10-14-8-4-5-9-15(14)12-17-11-13-6-2-1-3-7-13/h1-9,17H,11-12H2. The van der Waals surface area contributed by atoms with E-state index in [0.717, 1.165) is 24.2 Å². The average Bonchev–Trinajstić information content (AvgIpc) is 2.40. The molecule has 0 spiro atoms. The number of nitrogens with one attached hydrogen (secondary N) is 1. The minimum atomic E-state index is 0.721. The molecule has 0 atom stereocenters. The van der Waals surface area contributed by atoms with E-state index in [9.17, 15) is 0 Å². The van der Waals surface area contributed by atoms with E-state index in [2.05, 4.69) is 23.5 Å². The third-order valence-corrected chi connectivity index (χ3v) is 2.63. The highest BCUT2D eigenvalue weighted by Crippen LogP contribution is 2.07. The zero-order chi connectivity index (χ0) is 11.9. The van der Waals surface area contributed by atoms with Crippen molar-refractivity contribution in [2.24, 2.45) is 0 Å². The van der Waals surface area contributed by atoms with E-state index < -0.39 is 0 Å². The van der Waals surface area contributed by atoms with Gasteiger partial charge in [-0.05, 0) is 17.2 Å². The molecule has 0 aromatic heterocycles. The van der Waals surface area contributed by atoms with Gasteiger partial charge in [0, 0.05) is 13.1 Å². The van der Waals surface area contributed by atoms with E-state index in [1.54, 1.807) is 0 Å². The Morgan fingerprint density at radius 3 is 2.35 bits per heavy atom. The molecule has 0 aliphatic heterocycles. The Labute approximate surface area is 102 Å². The summed E-state index contributed by atoms with van der Waals surface area (Å²) in [6.45, 7) is 1.54. The van der Waals surface area contributed by atoms with Crippen LogP contribution in [0.1, 0.15) is 16.7 Å². The summed E-state index contributed by atoms with van der Waals surface area (Å²) in [7, 11) is 0. The Bertz CT molecular complexity index is 512. The molecule has 2 heteroatoms. The highest BCUT2D eigenvalue weighted by Gasteiger charge is 1.99. The lowest BCUT2D eigenvalue weighted by atomic mass is 10.1. The Balaban J connectivity index is 1.93. The van der Waals surface area contributed by atoms with Gasteiger partial charge in [-0.25, -0.2) is 0 Å². The Hall–Kier alpha value is -2.11. The summed E-state index contributed by atoms with van der Waals surface area (Å²) in [6.07, 6.45) is 0. The highest BCUT2D eigenvalue weighted by molar-refractivity contribution is 5.37. The normalized spacial score (nSPS) is 9.82. The highest BCUT2D eigenvalue weighted by atomic mass is 14.8. The maximum atomic E-state index is 8.96. The maximum absolute atomic E-state index is 8.96. The molecule has 84 valence electrons. The van der Waals surface area contributed by atoms with Crippen molar-refractivity contribution in [2.45, 2.75) is 13.1 Å². The smallest absolute Gasteiger partial charge is 0.0995 e. The van der Waals surface area contributed by atoms with Crippen molar-refractivity contribution in [3.63, 3.8) is 0 Å². The Morgan fingerprint density at radius 1 is 0.882 bits per heavy atom. The van der Waals surface area contributed by atoms with Gasteiger partial charge in [-0.1, -0.05) is 48.5 Å². The molecule has 0 fully saturated rings. The summed E-state index contributed by atoms with van der Waals surface area (Å²) >= 11 is 0. The molecule has 0 aliphatic rings. The van der Waals surface area contributed by atoms with Gasteiger partial charge in [0.25, 0.3) is 0 Å². The number of benzene rings is 2. The molecule has 0 saturated carbocycles. The summed E-state index contributed by atoms with van der Waals surface area (Å²) in [6, 6.07) is 20.1. The first-order chi connectivity index (χ1) is 8.40. The predicted molar refractivity (Wildman–Crippen MR) is 68.1 cm³/mol. The lowest BCUT2D eigenvalue weighted by Gasteiger charge is -2.06. The van der Waals surface area contributed by atoms with Crippen LogP contribution in [0, 0.1) is 11.3 Å². The molecule has 2 rings (SSSR count). The fourth-order valence-electron chi connectivity index (χ4n) is 1.72. The third-order valence-electron chi connectivity index (χ3n) is 2.63. The van der Waals surface area contributed by atoms with Crippen LogP contribution >= 0.6 is 0 Å². The van der Waals surface area contributed by atoms with Gasteiger partial charge in [0.15, 0.2) is 0 Å². The molecule has 0 aliphatic carbocycles. The van der Waals surface area contributed by atoms with Gasteiger partial charge in [-0.3, -0.25) is 0 Å². The monoisotopic (exact) mass is 222 g/mol. The fourth-order valence-corrected chi connectivity index (χ4v) is 1.72. The molecular weight excluding hydrogens is 208 g/mol. The van der Waals surface area contributed by atoms with E-state index in [-0.39, 0.29) is 0 Å². The lowest BCUT2D eigenvalue weighted by Crippen LogP contribution is -2.13. The number of nitrogens with zero attached hydrogens (tertiary/aromatic N) is 1. The fraction of sp³-hybridized carbons (Fsp3) is 0.133. The molecule has 0 heterocycles. The number of nitriles is 1. The van der Waals surface area contributed by atoms with Crippen molar-refractivity contribution in [3.8, 4) is 6.07 Å². The maximum Gasteiger partial charge on any atom is 0.0995 e. The first kappa shape index (κ1) is 11.4. The molecule has 0 bridgehead atoms. The number of hydrogen-bond acceptors (Lipinski definition) is 2. The lowest BCUT2D eigenvalue weighted by molar-refractivity contribution is 0.692. The van der Waals surface area contributed by atoms with Gasteiger partial charge in [0.05, 0.1) is 11.6 Å². The Kier molecular flexibility index (Phi) is 3.90. The first-order valence-electron chi connectivity index (χ1n) is 5.63. The average molecular weight is 222 g/mol. The molecule has 1 N–H and O–H groups in total. The van der Waals surface area contributed by atoms with Crippen molar-refractivity contribution in [2.75, 3.05) is 0 Å². The van der Waals surface area contributed by atoms with Crippen LogP contribution in [-0.4, -0.2) is 0 Å². The minimum Gasteiger partial charge on any atom is -0.309 e. The van der Waals surface area contributed by atoms with Crippen LogP contribution in [-0.2, 0) is 13.1 Å². The van der Waals surface area contributed by atoms with Crippen molar-refractivity contribution < 1.29 is 0 Å². The van der Waals surface area contributed by atoms with Crippen LogP contribution in [0.15, 0.2) is 54.6 Å². The molecule has 2 aromatic rings. The van der Waals surface area contributed by atoms with Crippen LogP contribution < -0.4 is 5.32 Å². The van der Waals surface area contributed by atoms with Crippen LogP contribution in [0.3, 0.4) is 0 Å². The molecule has 17 heavy (non-hydrogen) atoms. The van der Waals surface area contributed by atoms with Crippen molar-refractivity contribution in [1.29, 1.82) is 5.26 Å². The van der Waals surface area contributed by atoms with Gasteiger partial charge in [-0.15, -0.1) is 0 Å². The van der Waals surface area contributed by atoms with Crippen molar-refractivity contribution in [3.05, 3.63) is 71.3 Å². The zero-order valence-corrected chi connectivity index (χ0v) is 9.56. The Morgan fingerprint density at radius 2 is 1.59 bits per heavy atom. The van der Waals surface area contributed by atoms with Gasteiger partial charge in [-0.2, -0.15) is 5.26 Å². The molecule has 0 radical (unpaired) electrons. The predicted octanol–water partition coefficient (Wildman–Crippen LogP) is 2.85. The minimum absolute atomic E-state index is 0.721. The molecule has 0 amide bonds. The SMILES string of the molecule is N#Cc1ccccc1CNCc1ccccc1. The van der Waals surface area contributed by atoms with Gasteiger partial charge >= 0.3 is 0 Å². The largest absolute Gasteiger partial charge is 0.309 e. The second-order valence-electron chi connectivity index (χ2n) is 3.86. The van der Waals surface area contributed by atoms with E-state index in [1.807, 2.05) is 42.5 Å². The molecule has 0 saturated heterocycles. The third kappa shape index (κ3) is 3.17. The quantitative estimate of drug-likeness (QED) is 0.863. The summed E-state index contributed by atoms with van der Waals surface area (Å²) in [5, 5.41) is 12.3. The molecule has 2 nitrogen and oxygen atoms in total. The van der Waals surface area contributed by atoms with Gasteiger partial charge in [0.1, 0.15) is 0 Å². The summed E-state index contributed by atoms with van der Waals surface area (Å²) in [5.74, 6) is 0. The second kappa shape index (κ2) is 5.83. The molecule has 0 unspecified atom stereocenters. The van der Waals surface area contributed by atoms with Crippen LogP contribution in [0.2, 0.25) is 0 Å². The second-order valence-corrected chi connectivity index (χ2v) is 3.86. The zero-order valence-electron chi connectivity index (χ0n) is 9.56. The summed E-state index contributed by atoms with van der Waals surface area (Å²) in [4.78, 5) is 0. The first-order valence-corrected chi connectivity index (χ1v) is 5.63. The summed E-state index contributed by atoms with van der Waals surface area (Å²) < 4.78 is 0. The molecule has 2 aromatic carbocycles. The van der Waals surface area contributed by atoms with Crippen LogP contribution in [0.5, 0.6) is 0 Å². The van der Waals surface area contributed by atoms with Crippen molar-refractivity contribution in [1.82, 2.24) is 5.32 Å². The topological polar surface area (TPSA) is 35.8 Å². The van der Waals surface area contributed by atoms with E-state index in [4.69, 9.17) is 5.26 Å². The van der Waals surface area contributed by atoms with Crippen molar-refractivity contribution >= 4 is 0 Å². The summed E-state index contributed by atoms with van der Waals surface area (Å²) in [5.41, 5.74) is 3.04. The number of hydrogen-bond donors (Lipinski definition) is 1. The van der Waals surface area contributed by atoms with E-state index >= 15 is 0 Å². The van der Waals surface area contributed by atoms with Gasteiger partial charge < -0.3 is 5.32 Å². The van der Waals surface area contributed by atoms with Crippen LogP contribution in [0.4, 0.5) is 0 Å². The molecular formula is C15H14N2. The van der Waals surface area contributed by atoms with Gasteiger partial charge in [0.2, 0.25) is 0 Å². The van der Waals surface area contributed by atoms with E-state index in [0.29, 0.717) is 0 Å². The number of rotatable bonds is 4.